The monoisotopic (exact) mass is 259 g/mol. The molecule has 1 aliphatic heterocycles. The summed E-state index contributed by atoms with van der Waals surface area (Å²) in [6, 6.07) is 5.38. The number of benzene rings is 1. The van der Waals surface area contributed by atoms with Crippen LogP contribution >= 0.6 is 0 Å². The lowest BCUT2D eigenvalue weighted by Crippen LogP contribution is -2.34. The van der Waals surface area contributed by atoms with Gasteiger partial charge in [0.05, 0.1) is 5.56 Å². The first-order valence-corrected chi connectivity index (χ1v) is 6.09. The molecule has 0 spiro atoms. The van der Waals surface area contributed by atoms with E-state index in [9.17, 15) is 13.2 Å². The highest BCUT2D eigenvalue weighted by Crippen LogP contribution is 2.37. The van der Waals surface area contributed by atoms with E-state index >= 15 is 0 Å². The summed E-state index contributed by atoms with van der Waals surface area (Å²) in [5, 5.41) is 0. The summed E-state index contributed by atoms with van der Waals surface area (Å²) < 4.78 is 44.0. The molecule has 1 fully saturated rings. The Bertz CT molecular complexity index is 405. The quantitative estimate of drug-likeness (QED) is 0.823. The van der Waals surface area contributed by atoms with Crippen LogP contribution < -0.4 is 4.74 Å². The van der Waals surface area contributed by atoms with Gasteiger partial charge in [0.25, 0.3) is 0 Å². The van der Waals surface area contributed by atoms with Crippen LogP contribution in [0.5, 0.6) is 5.75 Å². The number of para-hydroxylation sites is 1. The summed E-state index contributed by atoms with van der Waals surface area (Å²) in [4.78, 5) is 2.05. The van der Waals surface area contributed by atoms with Crippen molar-refractivity contribution in [2.75, 3.05) is 13.1 Å². The standard InChI is InChI=1S/C13H16F3NO/c1-2-17-9-5-8-12(17)18-11-7-4-3-6-10(11)13(14,15)16/h3-4,6-7,12H,2,5,8-9H2,1H3. The van der Waals surface area contributed by atoms with Crippen LogP contribution in [0.2, 0.25) is 0 Å². The van der Waals surface area contributed by atoms with Gasteiger partial charge < -0.3 is 4.74 Å². The normalized spacial score (nSPS) is 21.2. The van der Waals surface area contributed by atoms with Crippen LogP contribution in [0.4, 0.5) is 13.2 Å². The second kappa shape index (κ2) is 5.18. The van der Waals surface area contributed by atoms with Crippen molar-refractivity contribution in [2.24, 2.45) is 0 Å². The SMILES string of the molecule is CCN1CCCC1Oc1ccccc1C(F)(F)F. The molecule has 0 saturated carbocycles. The Labute approximate surface area is 104 Å². The number of alkyl halides is 3. The number of hydrogen-bond donors (Lipinski definition) is 0. The number of likely N-dealkylation sites (tertiary alicyclic amines) is 1. The van der Waals surface area contributed by atoms with Gasteiger partial charge in [-0.3, -0.25) is 4.90 Å². The smallest absolute Gasteiger partial charge is 0.419 e. The molecule has 1 atom stereocenters. The molecule has 0 amide bonds. The Balaban J connectivity index is 2.19. The fourth-order valence-corrected chi connectivity index (χ4v) is 2.24. The molecule has 18 heavy (non-hydrogen) atoms. The van der Waals surface area contributed by atoms with Crippen LogP contribution in [0.25, 0.3) is 0 Å². The van der Waals surface area contributed by atoms with Crippen molar-refractivity contribution in [1.82, 2.24) is 4.90 Å². The molecule has 1 aromatic carbocycles. The maximum absolute atomic E-state index is 12.8. The molecule has 100 valence electrons. The third kappa shape index (κ3) is 2.77. The molecule has 1 heterocycles. The van der Waals surface area contributed by atoms with Gasteiger partial charge in [-0.15, -0.1) is 0 Å². The van der Waals surface area contributed by atoms with Gasteiger partial charge in [-0.2, -0.15) is 13.2 Å². The lowest BCUT2D eigenvalue weighted by molar-refractivity contribution is -0.139. The van der Waals surface area contributed by atoms with Crippen molar-refractivity contribution >= 4 is 0 Å². The molecule has 0 radical (unpaired) electrons. The summed E-state index contributed by atoms with van der Waals surface area (Å²) >= 11 is 0. The number of ether oxygens (including phenoxy) is 1. The van der Waals surface area contributed by atoms with Crippen LogP contribution in [-0.2, 0) is 6.18 Å². The summed E-state index contributed by atoms with van der Waals surface area (Å²) in [6.45, 7) is 3.66. The van der Waals surface area contributed by atoms with Crippen molar-refractivity contribution in [3.05, 3.63) is 29.8 Å². The predicted molar refractivity (Wildman–Crippen MR) is 62.3 cm³/mol. The number of hydrogen-bond acceptors (Lipinski definition) is 2. The molecule has 1 unspecified atom stereocenters. The molecule has 0 N–H and O–H groups in total. The Morgan fingerprint density at radius 2 is 2.06 bits per heavy atom. The van der Waals surface area contributed by atoms with Crippen LogP contribution in [0.1, 0.15) is 25.3 Å². The van der Waals surface area contributed by atoms with E-state index < -0.39 is 11.7 Å². The minimum Gasteiger partial charge on any atom is -0.474 e. The van der Waals surface area contributed by atoms with Gasteiger partial charge in [0.15, 0.2) is 6.23 Å². The van der Waals surface area contributed by atoms with Crippen molar-refractivity contribution in [2.45, 2.75) is 32.2 Å². The molecular weight excluding hydrogens is 243 g/mol. The topological polar surface area (TPSA) is 12.5 Å². The van der Waals surface area contributed by atoms with E-state index in [1.54, 1.807) is 6.07 Å². The molecule has 1 aromatic rings. The summed E-state index contributed by atoms with van der Waals surface area (Å²) in [5.74, 6) is -0.0737. The second-order valence-corrected chi connectivity index (χ2v) is 4.34. The van der Waals surface area contributed by atoms with E-state index in [4.69, 9.17) is 4.74 Å². The highest BCUT2D eigenvalue weighted by molar-refractivity contribution is 5.35. The fourth-order valence-electron chi connectivity index (χ4n) is 2.24. The minimum absolute atomic E-state index is 0.0737. The van der Waals surface area contributed by atoms with Gasteiger partial charge in [-0.25, -0.2) is 0 Å². The molecule has 1 saturated heterocycles. The third-order valence-electron chi connectivity index (χ3n) is 3.17. The largest absolute Gasteiger partial charge is 0.474 e. The predicted octanol–water partition coefficient (Wildman–Crippen LogP) is 3.53. The Kier molecular flexibility index (Phi) is 3.80. The zero-order valence-corrected chi connectivity index (χ0v) is 10.2. The first-order valence-electron chi connectivity index (χ1n) is 6.09. The van der Waals surface area contributed by atoms with E-state index in [0.717, 1.165) is 32.0 Å². The average molecular weight is 259 g/mol. The number of rotatable bonds is 3. The average Bonchev–Trinajstić information content (AvgIpc) is 2.75. The van der Waals surface area contributed by atoms with Gasteiger partial charge in [0.2, 0.25) is 0 Å². The Morgan fingerprint density at radius 1 is 1.33 bits per heavy atom. The lowest BCUT2D eigenvalue weighted by atomic mass is 10.2. The molecule has 2 rings (SSSR count). The zero-order valence-electron chi connectivity index (χ0n) is 10.2. The van der Waals surface area contributed by atoms with Crippen LogP contribution in [0.15, 0.2) is 24.3 Å². The van der Waals surface area contributed by atoms with E-state index in [1.807, 2.05) is 11.8 Å². The van der Waals surface area contributed by atoms with Crippen molar-refractivity contribution in [3.63, 3.8) is 0 Å². The highest BCUT2D eigenvalue weighted by atomic mass is 19.4. The van der Waals surface area contributed by atoms with Crippen molar-refractivity contribution < 1.29 is 17.9 Å². The van der Waals surface area contributed by atoms with Crippen LogP contribution in [0, 0.1) is 0 Å². The molecule has 2 nitrogen and oxygen atoms in total. The van der Waals surface area contributed by atoms with E-state index in [-0.39, 0.29) is 12.0 Å². The van der Waals surface area contributed by atoms with Gasteiger partial charge >= 0.3 is 6.18 Å². The zero-order chi connectivity index (χ0) is 13.2. The maximum Gasteiger partial charge on any atom is 0.419 e. The number of halogens is 3. The van der Waals surface area contributed by atoms with Gasteiger partial charge in [0, 0.05) is 6.54 Å². The summed E-state index contributed by atoms with van der Waals surface area (Å²) in [5.41, 5.74) is -0.701. The van der Waals surface area contributed by atoms with Gasteiger partial charge in [-0.05, 0) is 31.5 Å². The van der Waals surface area contributed by atoms with E-state index in [2.05, 4.69) is 0 Å². The highest BCUT2D eigenvalue weighted by Gasteiger charge is 2.35. The fraction of sp³-hybridized carbons (Fsp3) is 0.538. The minimum atomic E-state index is -4.37. The Hall–Kier alpha value is -1.23. The summed E-state index contributed by atoms with van der Waals surface area (Å²) in [6.07, 6.45) is -2.86. The molecule has 5 heteroatoms. The Morgan fingerprint density at radius 3 is 2.72 bits per heavy atom. The molecule has 1 aliphatic rings. The first-order chi connectivity index (χ1) is 8.52. The molecule has 0 bridgehead atoms. The van der Waals surface area contributed by atoms with Crippen molar-refractivity contribution in [1.29, 1.82) is 0 Å². The molecular formula is C13H16F3NO. The molecule has 0 aromatic heterocycles. The van der Waals surface area contributed by atoms with Crippen molar-refractivity contribution in [3.8, 4) is 5.75 Å². The van der Waals surface area contributed by atoms with Crippen LogP contribution in [0.3, 0.4) is 0 Å². The van der Waals surface area contributed by atoms with E-state index in [0.29, 0.717) is 0 Å². The van der Waals surface area contributed by atoms with Gasteiger partial charge in [0.1, 0.15) is 5.75 Å². The maximum atomic E-state index is 12.8. The first kappa shape index (κ1) is 13.2. The van der Waals surface area contributed by atoms with Crippen LogP contribution in [-0.4, -0.2) is 24.2 Å². The lowest BCUT2D eigenvalue weighted by Gasteiger charge is -2.25. The van der Waals surface area contributed by atoms with Gasteiger partial charge in [-0.1, -0.05) is 19.1 Å². The molecule has 0 aliphatic carbocycles. The second-order valence-electron chi connectivity index (χ2n) is 4.34. The van der Waals surface area contributed by atoms with E-state index in [1.165, 1.54) is 12.1 Å². The summed E-state index contributed by atoms with van der Waals surface area (Å²) in [7, 11) is 0. The number of nitrogens with zero attached hydrogens (tertiary/aromatic N) is 1. The third-order valence-corrected chi connectivity index (χ3v) is 3.17.